The maximum Gasteiger partial charge on any atom is 0.123 e. The van der Waals surface area contributed by atoms with Crippen molar-refractivity contribution in [3.8, 4) is 5.75 Å². The molecule has 0 radical (unpaired) electrons. The van der Waals surface area contributed by atoms with Crippen molar-refractivity contribution in [2.75, 3.05) is 0 Å². The van der Waals surface area contributed by atoms with Gasteiger partial charge in [-0.2, -0.15) is 0 Å². The van der Waals surface area contributed by atoms with Gasteiger partial charge >= 0.3 is 0 Å². The Hall–Kier alpha value is -1.05. The number of aryl methyl sites for hydroxylation is 1. The quantitative estimate of drug-likeness (QED) is 0.799. The SMILES string of the molecule is CC.CC(C)CCCc1cc(F)ccc1O. The highest BCUT2D eigenvalue weighted by Gasteiger charge is 2.03. The maximum absolute atomic E-state index is 12.8. The standard InChI is InChI=1S/C12H17FO.C2H6/c1-9(2)4-3-5-10-8-11(13)6-7-12(10)14;1-2/h6-9,14H,3-5H2,1-2H3;1-2H3. The number of halogens is 1. The smallest absolute Gasteiger partial charge is 0.123 e. The zero-order valence-corrected chi connectivity index (χ0v) is 10.8. The first kappa shape index (κ1) is 14.9. The Morgan fingerprint density at radius 1 is 1.25 bits per heavy atom. The molecule has 0 unspecified atom stereocenters. The van der Waals surface area contributed by atoms with Crippen LogP contribution in [0, 0.1) is 11.7 Å². The molecule has 2 heteroatoms. The van der Waals surface area contributed by atoms with E-state index in [-0.39, 0.29) is 11.6 Å². The zero-order valence-electron chi connectivity index (χ0n) is 10.8. The predicted octanol–water partition coefficient (Wildman–Crippen LogP) is 4.54. The van der Waals surface area contributed by atoms with E-state index in [1.807, 2.05) is 13.8 Å². The van der Waals surface area contributed by atoms with Gasteiger partial charge in [-0.15, -0.1) is 0 Å². The molecule has 0 aliphatic rings. The number of phenols is 1. The first-order chi connectivity index (χ1) is 7.59. The van der Waals surface area contributed by atoms with E-state index in [1.54, 1.807) is 0 Å². The molecule has 1 rings (SSSR count). The molecular formula is C14H23FO. The van der Waals surface area contributed by atoms with Gasteiger partial charge in [0.05, 0.1) is 0 Å². The lowest BCUT2D eigenvalue weighted by molar-refractivity contribution is 0.461. The van der Waals surface area contributed by atoms with Gasteiger partial charge in [0, 0.05) is 0 Å². The van der Waals surface area contributed by atoms with Crippen molar-refractivity contribution in [3.63, 3.8) is 0 Å². The predicted molar refractivity (Wildman–Crippen MR) is 67.2 cm³/mol. The molecule has 0 heterocycles. The second-order valence-electron chi connectivity index (χ2n) is 4.06. The lowest BCUT2D eigenvalue weighted by Crippen LogP contribution is -1.92. The first-order valence-electron chi connectivity index (χ1n) is 6.07. The van der Waals surface area contributed by atoms with Gasteiger partial charge in [-0.05, 0) is 42.5 Å². The van der Waals surface area contributed by atoms with Gasteiger partial charge in [0.25, 0.3) is 0 Å². The summed E-state index contributed by atoms with van der Waals surface area (Å²) in [6, 6.07) is 4.11. The molecule has 0 aliphatic heterocycles. The summed E-state index contributed by atoms with van der Waals surface area (Å²) in [5.74, 6) is 0.586. The number of phenolic OH excluding ortho intramolecular Hbond substituents is 1. The van der Waals surface area contributed by atoms with Gasteiger partial charge in [-0.3, -0.25) is 0 Å². The van der Waals surface area contributed by atoms with Crippen LogP contribution in [0.2, 0.25) is 0 Å². The molecule has 1 N–H and O–H groups in total. The van der Waals surface area contributed by atoms with E-state index in [2.05, 4.69) is 13.8 Å². The Balaban J connectivity index is 0.00000106. The van der Waals surface area contributed by atoms with Crippen LogP contribution in [0.25, 0.3) is 0 Å². The number of hydrogen-bond acceptors (Lipinski definition) is 1. The fourth-order valence-corrected chi connectivity index (χ4v) is 1.46. The van der Waals surface area contributed by atoms with Crippen LogP contribution in [-0.2, 0) is 6.42 Å². The van der Waals surface area contributed by atoms with Crippen LogP contribution in [0.4, 0.5) is 4.39 Å². The minimum atomic E-state index is -0.276. The highest BCUT2D eigenvalue weighted by molar-refractivity contribution is 5.32. The van der Waals surface area contributed by atoms with E-state index in [0.717, 1.165) is 19.3 Å². The fourth-order valence-electron chi connectivity index (χ4n) is 1.46. The van der Waals surface area contributed by atoms with Crippen molar-refractivity contribution in [1.29, 1.82) is 0 Å². The molecule has 16 heavy (non-hydrogen) atoms. The summed E-state index contributed by atoms with van der Waals surface area (Å²) < 4.78 is 12.8. The molecule has 0 amide bonds. The fraction of sp³-hybridized carbons (Fsp3) is 0.571. The first-order valence-corrected chi connectivity index (χ1v) is 6.07. The summed E-state index contributed by atoms with van der Waals surface area (Å²) in [6.07, 6.45) is 2.85. The Kier molecular flexibility index (Phi) is 7.61. The van der Waals surface area contributed by atoms with E-state index in [1.165, 1.54) is 18.2 Å². The summed E-state index contributed by atoms with van der Waals surface area (Å²) >= 11 is 0. The Labute approximate surface area is 98.3 Å². The highest BCUT2D eigenvalue weighted by atomic mass is 19.1. The minimum Gasteiger partial charge on any atom is -0.508 e. The van der Waals surface area contributed by atoms with E-state index < -0.39 is 0 Å². The van der Waals surface area contributed by atoms with E-state index >= 15 is 0 Å². The third-order valence-electron chi connectivity index (χ3n) is 2.27. The molecule has 0 saturated heterocycles. The molecule has 0 fully saturated rings. The second-order valence-corrected chi connectivity index (χ2v) is 4.06. The zero-order chi connectivity index (χ0) is 12.6. The molecule has 92 valence electrons. The number of rotatable bonds is 4. The average molecular weight is 226 g/mol. The van der Waals surface area contributed by atoms with Gasteiger partial charge < -0.3 is 5.11 Å². The number of hydrogen-bond donors (Lipinski definition) is 1. The molecule has 1 aromatic carbocycles. The van der Waals surface area contributed by atoms with Gasteiger partial charge in [0.2, 0.25) is 0 Å². The van der Waals surface area contributed by atoms with Gasteiger partial charge in [-0.25, -0.2) is 4.39 Å². The Bertz CT molecular complexity index is 295. The van der Waals surface area contributed by atoms with E-state index in [9.17, 15) is 9.50 Å². The third kappa shape index (κ3) is 5.74. The van der Waals surface area contributed by atoms with Crippen LogP contribution in [-0.4, -0.2) is 5.11 Å². The Morgan fingerprint density at radius 2 is 1.88 bits per heavy atom. The maximum atomic E-state index is 12.8. The van der Waals surface area contributed by atoms with E-state index in [4.69, 9.17) is 0 Å². The Morgan fingerprint density at radius 3 is 2.44 bits per heavy atom. The molecule has 0 aromatic heterocycles. The van der Waals surface area contributed by atoms with Crippen LogP contribution < -0.4 is 0 Å². The lowest BCUT2D eigenvalue weighted by Gasteiger charge is -2.06. The van der Waals surface area contributed by atoms with Crippen LogP contribution in [0.1, 0.15) is 46.1 Å². The summed E-state index contributed by atoms with van der Waals surface area (Å²) in [5, 5.41) is 9.43. The molecule has 0 bridgehead atoms. The van der Waals surface area contributed by atoms with Crippen molar-refractivity contribution >= 4 is 0 Å². The molecule has 0 atom stereocenters. The molecule has 0 saturated carbocycles. The van der Waals surface area contributed by atoms with Crippen molar-refractivity contribution in [3.05, 3.63) is 29.6 Å². The number of aromatic hydroxyl groups is 1. The molecular weight excluding hydrogens is 203 g/mol. The van der Waals surface area contributed by atoms with Crippen molar-refractivity contribution in [1.82, 2.24) is 0 Å². The van der Waals surface area contributed by atoms with Crippen LogP contribution in [0.5, 0.6) is 5.75 Å². The normalized spacial score (nSPS) is 9.88. The van der Waals surface area contributed by atoms with Crippen LogP contribution in [0.3, 0.4) is 0 Å². The van der Waals surface area contributed by atoms with Crippen LogP contribution >= 0.6 is 0 Å². The summed E-state index contributed by atoms with van der Waals surface area (Å²) in [6.45, 7) is 8.32. The van der Waals surface area contributed by atoms with Gasteiger partial charge in [-0.1, -0.05) is 34.1 Å². The van der Waals surface area contributed by atoms with Crippen LogP contribution in [0.15, 0.2) is 18.2 Å². The summed E-state index contributed by atoms with van der Waals surface area (Å²) in [4.78, 5) is 0. The monoisotopic (exact) mass is 226 g/mol. The van der Waals surface area contributed by atoms with Crippen molar-refractivity contribution in [2.24, 2.45) is 5.92 Å². The van der Waals surface area contributed by atoms with Crippen molar-refractivity contribution in [2.45, 2.75) is 47.0 Å². The summed E-state index contributed by atoms with van der Waals surface area (Å²) in [5.41, 5.74) is 0.714. The van der Waals surface area contributed by atoms with Gasteiger partial charge in [0.1, 0.15) is 11.6 Å². The third-order valence-corrected chi connectivity index (χ3v) is 2.27. The van der Waals surface area contributed by atoms with Crippen molar-refractivity contribution < 1.29 is 9.50 Å². The summed E-state index contributed by atoms with van der Waals surface area (Å²) in [7, 11) is 0. The van der Waals surface area contributed by atoms with Gasteiger partial charge in [0.15, 0.2) is 0 Å². The largest absolute Gasteiger partial charge is 0.508 e. The second kappa shape index (κ2) is 8.14. The number of benzene rings is 1. The molecule has 1 aromatic rings. The molecule has 0 spiro atoms. The molecule has 1 nitrogen and oxygen atoms in total. The molecule has 0 aliphatic carbocycles. The average Bonchev–Trinajstić information content (AvgIpc) is 2.25. The highest BCUT2D eigenvalue weighted by Crippen LogP contribution is 2.20. The van der Waals surface area contributed by atoms with E-state index in [0.29, 0.717) is 11.5 Å². The topological polar surface area (TPSA) is 20.2 Å². The lowest BCUT2D eigenvalue weighted by atomic mass is 10.0. The minimum absolute atomic E-state index is 0.204.